The predicted molar refractivity (Wildman–Crippen MR) is 136 cm³/mol. The van der Waals surface area contributed by atoms with Gasteiger partial charge in [0, 0.05) is 35.8 Å². The van der Waals surface area contributed by atoms with Gasteiger partial charge in [0.05, 0.1) is 17.3 Å². The second-order valence-corrected chi connectivity index (χ2v) is 12.9. The summed E-state index contributed by atoms with van der Waals surface area (Å²) in [5.74, 6) is 0.300. The van der Waals surface area contributed by atoms with Gasteiger partial charge >= 0.3 is 0 Å². The van der Waals surface area contributed by atoms with Crippen LogP contribution in [-0.4, -0.2) is 55.6 Å². The van der Waals surface area contributed by atoms with Crippen LogP contribution in [0.2, 0.25) is 0 Å². The Hall–Kier alpha value is -2.05. The number of rotatable bonds is 4. The highest BCUT2D eigenvalue weighted by Crippen LogP contribution is 2.67. The maximum absolute atomic E-state index is 13.6. The summed E-state index contributed by atoms with van der Waals surface area (Å²) >= 11 is 0. The second kappa shape index (κ2) is 8.22. The lowest BCUT2D eigenvalue weighted by Gasteiger charge is -2.60. The second-order valence-electron chi connectivity index (χ2n) is 12.9. The zero-order valence-corrected chi connectivity index (χ0v) is 21.8. The van der Waals surface area contributed by atoms with Crippen LogP contribution in [0, 0.1) is 28.6 Å². The number of aliphatic hydroxyl groups is 2. The molecule has 4 fully saturated rings. The minimum atomic E-state index is -1.03. The number of fused-ring (bicyclic) bond motifs is 5. The molecule has 1 amide bonds. The fraction of sp³-hybridized carbons (Fsp3) is 0.700. The highest BCUT2D eigenvalue weighted by molar-refractivity contribution is 5.95. The first kappa shape index (κ1) is 24.3. The highest BCUT2D eigenvalue weighted by atomic mass is 16.3. The Bertz CT molecular complexity index is 1100. The smallest absolute Gasteiger partial charge is 0.255 e. The number of aliphatic hydroxyl groups excluding tert-OH is 1. The van der Waals surface area contributed by atoms with E-state index in [-0.39, 0.29) is 46.9 Å². The number of carbonyl (C=O) groups is 2. The van der Waals surface area contributed by atoms with E-state index in [1.165, 1.54) is 0 Å². The first-order valence-corrected chi connectivity index (χ1v) is 14.0. The summed E-state index contributed by atoms with van der Waals surface area (Å²) in [5, 5.41) is 22.8. The SMILES string of the molecule is CC(C1CC[C@@]2(O)C3=CC(=O)C4CC(O)CCC4(C)C3CCC12C)N(C(=O)c1cccnc1)C1CC1. The van der Waals surface area contributed by atoms with Gasteiger partial charge in [-0.1, -0.05) is 13.8 Å². The predicted octanol–water partition coefficient (Wildman–Crippen LogP) is 4.31. The number of hydrogen-bond acceptors (Lipinski definition) is 5. The molecular weight excluding hydrogens is 452 g/mol. The Morgan fingerprint density at radius 3 is 2.58 bits per heavy atom. The molecule has 0 aromatic carbocycles. The van der Waals surface area contributed by atoms with E-state index in [1.54, 1.807) is 18.5 Å². The van der Waals surface area contributed by atoms with Crippen LogP contribution in [0.15, 0.2) is 36.2 Å². The molecule has 194 valence electrons. The van der Waals surface area contributed by atoms with Crippen LogP contribution >= 0.6 is 0 Å². The van der Waals surface area contributed by atoms with Crippen LogP contribution in [0.5, 0.6) is 0 Å². The van der Waals surface area contributed by atoms with E-state index in [0.717, 1.165) is 50.5 Å². The molecule has 5 aliphatic carbocycles. The highest BCUT2D eigenvalue weighted by Gasteiger charge is 2.67. The Labute approximate surface area is 214 Å². The monoisotopic (exact) mass is 492 g/mol. The van der Waals surface area contributed by atoms with Crippen molar-refractivity contribution in [1.29, 1.82) is 0 Å². The van der Waals surface area contributed by atoms with Crippen LogP contribution in [0.25, 0.3) is 0 Å². The lowest BCUT2D eigenvalue weighted by atomic mass is 9.46. The lowest BCUT2D eigenvalue weighted by Crippen LogP contribution is -2.60. The van der Waals surface area contributed by atoms with Crippen LogP contribution in [-0.2, 0) is 4.79 Å². The number of pyridine rings is 1. The van der Waals surface area contributed by atoms with Gasteiger partial charge in [-0.3, -0.25) is 14.6 Å². The third-order valence-corrected chi connectivity index (χ3v) is 11.2. The molecule has 1 aromatic rings. The Morgan fingerprint density at radius 2 is 1.89 bits per heavy atom. The molecule has 36 heavy (non-hydrogen) atoms. The van der Waals surface area contributed by atoms with E-state index >= 15 is 0 Å². The fourth-order valence-corrected chi connectivity index (χ4v) is 9.00. The quantitative estimate of drug-likeness (QED) is 0.654. The molecule has 7 unspecified atom stereocenters. The molecule has 0 radical (unpaired) electrons. The van der Waals surface area contributed by atoms with E-state index in [9.17, 15) is 19.8 Å². The summed E-state index contributed by atoms with van der Waals surface area (Å²) in [6, 6.07) is 3.90. The van der Waals surface area contributed by atoms with Crippen LogP contribution in [0.3, 0.4) is 0 Å². The molecule has 0 spiro atoms. The zero-order chi connectivity index (χ0) is 25.5. The molecule has 1 aromatic heterocycles. The minimum absolute atomic E-state index is 0.00571. The van der Waals surface area contributed by atoms with Crippen molar-refractivity contribution in [3.63, 3.8) is 0 Å². The molecule has 2 N–H and O–H groups in total. The van der Waals surface area contributed by atoms with Crippen molar-refractivity contribution in [2.75, 3.05) is 0 Å². The average Bonchev–Trinajstić information content (AvgIpc) is 3.64. The Balaban J connectivity index is 1.33. The molecule has 5 aliphatic rings. The van der Waals surface area contributed by atoms with Gasteiger partial charge in [-0.15, -0.1) is 0 Å². The number of hydrogen-bond donors (Lipinski definition) is 2. The first-order valence-electron chi connectivity index (χ1n) is 14.0. The van der Waals surface area contributed by atoms with Gasteiger partial charge in [-0.25, -0.2) is 0 Å². The van der Waals surface area contributed by atoms with E-state index in [1.807, 2.05) is 12.1 Å². The van der Waals surface area contributed by atoms with Gasteiger partial charge in [-0.05, 0) is 106 Å². The van der Waals surface area contributed by atoms with Crippen molar-refractivity contribution in [1.82, 2.24) is 9.88 Å². The van der Waals surface area contributed by atoms with Crippen molar-refractivity contribution in [2.45, 2.75) is 102 Å². The lowest BCUT2D eigenvalue weighted by molar-refractivity contribution is -0.141. The maximum Gasteiger partial charge on any atom is 0.255 e. The number of aromatic nitrogens is 1. The molecule has 4 saturated carbocycles. The molecule has 0 aliphatic heterocycles. The number of nitrogens with zero attached hydrogens (tertiary/aromatic N) is 2. The Kier molecular flexibility index (Phi) is 5.55. The third kappa shape index (κ3) is 3.32. The summed E-state index contributed by atoms with van der Waals surface area (Å²) < 4.78 is 0. The Morgan fingerprint density at radius 1 is 1.11 bits per heavy atom. The van der Waals surface area contributed by atoms with Gasteiger partial charge in [0.25, 0.3) is 5.91 Å². The zero-order valence-electron chi connectivity index (χ0n) is 21.8. The van der Waals surface area contributed by atoms with Gasteiger partial charge in [-0.2, -0.15) is 0 Å². The van der Waals surface area contributed by atoms with E-state index in [4.69, 9.17) is 0 Å². The summed E-state index contributed by atoms with van der Waals surface area (Å²) in [5.41, 5.74) is -0.0482. The average molecular weight is 493 g/mol. The fourth-order valence-electron chi connectivity index (χ4n) is 9.00. The maximum atomic E-state index is 13.6. The standard InChI is InChI=1S/C30H40N2O4/c1-18(32(20-6-7-20)27(35)19-5-4-14-31-17-19)22-10-13-30(36)24-16-26(34)25-15-21(33)8-11-28(25,2)23(24)9-12-29(22,30)3/h4-5,14,16-18,20-23,25,33,36H,6-13,15H2,1-3H3/t18?,21?,22?,23?,25?,28?,29?,30-/m1/s1. The van der Waals surface area contributed by atoms with Gasteiger partial charge < -0.3 is 15.1 Å². The van der Waals surface area contributed by atoms with Gasteiger partial charge in [0.1, 0.15) is 0 Å². The van der Waals surface area contributed by atoms with E-state index in [2.05, 4.69) is 30.7 Å². The van der Waals surface area contributed by atoms with Crippen LogP contribution in [0.1, 0.15) is 88.9 Å². The number of ketones is 1. The number of amides is 1. The minimum Gasteiger partial charge on any atom is -0.393 e. The number of allylic oxidation sites excluding steroid dienone is 1. The summed E-state index contributed by atoms with van der Waals surface area (Å²) in [4.78, 5) is 33.2. The van der Waals surface area contributed by atoms with Crippen molar-refractivity contribution in [3.8, 4) is 0 Å². The molecule has 0 saturated heterocycles. The third-order valence-electron chi connectivity index (χ3n) is 11.2. The summed E-state index contributed by atoms with van der Waals surface area (Å²) in [6.07, 6.45) is 12.2. The van der Waals surface area contributed by atoms with Crippen LogP contribution < -0.4 is 0 Å². The van der Waals surface area contributed by atoms with Crippen molar-refractivity contribution >= 4 is 11.7 Å². The molecular formula is C30H40N2O4. The summed E-state index contributed by atoms with van der Waals surface area (Å²) in [6.45, 7) is 6.60. The van der Waals surface area contributed by atoms with Crippen molar-refractivity contribution in [2.24, 2.45) is 28.6 Å². The van der Waals surface area contributed by atoms with Gasteiger partial charge in [0.15, 0.2) is 5.78 Å². The molecule has 6 rings (SSSR count). The summed E-state index contributed by atoms with van der Waals surface area (Å²) in [7, 11) is 0. The van der Waals surface area contributed by atoms with Crippen LogP contribution in [0.4, 0.5) is 0 Å². The normalized spacial score (nSPS) is 42.6. The van der Waals surface area contributed by atoms with E-state index < -0.39 is 17.1 Å². The molecule has 1 heterocycles. The van der Waals surface area contributed by atoms with Gasteiger partial charge in [0.2, 0.25) is 0 Å². The first-order chi connectivity index (χ1) is 17.1. The van der Waals surface area contributed by atoms with Crippen molar-refractivity contribution in [3.05, 3.63) is 41.7 Å². The number of carbonyl (C=O) groups excluding carboxylic acids is 2. The molecule has 6 nitrogen and oxygen atoms in total. The largest absolute Gasteiger partial charge is 0.393 e. The van der Waals surface area contributed by atoms with Crippen molar-refractivity contribution < 1.29 is 19.8 Å². The topological polar surface area (TPSA) is 90.7 Å². The molecule has 0 bridgehead atoms. The molecule has 6 heteroatoms. The molecule has 8 atom stereocenters. The van der Waals surface area contributed by atoms with E-state index in [0.29, 0.717) is 18.4 Å².